The van der Waals surface area contributed by atoms with E-state index in [2.05, 4.69) is 20.9 Å². The van der Waals surface area contributed by atoms with Crippen molar-refractivity contribution in [1.29, 1.82) is 0 Å². The maximum absolute atomic E-state index is 12.8. The molecule has 2 aromatic heterocycles. The Bertz CT molecular complexity index is 1350. The fourth-order valence-corrected chi connectivity index (χ4v) is 6.01. The number of pyridine rings is 2. The lowest BCUT2D eigenvalue weighted by atomic mass is 9.91. The number of rotatable bonds is 7. The van der Waals surface area contributed by atoms with E-state index in [1.54, 1.807) is 12.0 Å². The number of benzene rings is 1. The smallest absolute Gasteiger partial charge is 0.414 e. The van der Waals surface area contributed by atoms with Gasteiger partial charge in [0.25, 0.3) is 0 Å². The van der Waals surface area contributed by atoms with Gasteiger partial charge in [-0.3, -0.25) is 14.7 Å². The van der Waals surface area contributed by atoms with E-state index in [0.29, 0.717) is 36.3 Å². The van der Waals surface area contributed by atoms with Gasteiger partial charge in [-0.2, -0.15) is 0 Å². The van der Waals surface area contributed by atoms with Gasteiger partial charge in [-0.25, -0.2) is 9.78 Å². The molecule has 3 N–H and O–H groups in total. The first-order valence-electron chi connectivity index (χ1n) is 12.4. The Kier molecular flexibility index (Phi) is 6.58. The molecule has 5 heterocycles. The van der Waals surface area contributed by atoms with Gasteiger partial charge in [0, 0.05) is 35.4 Å². The van der Waals surface area contributed by atoms with Crippen LogP contribution < -0.4 is 25.6 Å². The lowest BCUT2D eigenvalue weighted by molar-refractivity contribution is -0.113. The third-order valence-corrected chi connectivity index (χ3v) is 8.12. The van der Waals surface area contributed by atoms with Crippen LogP contribution in [-0.2, 0) is 9.53 Å². The molecule has 0 bridgehead atoms. The molecule has 3 aliphatic rings. The molecule has 0 aliphatic carbocycles. The highest BCUT2D eigenvalue weighted by Gasteiger charge is 2.35. The molecule has 2 amide bonds. The van der Waals surface area contributed by atoms with Gasteiger partial charge in [0.05, 0.1) is 36.1 Å². The number of hydrogen-bond acceptors (Lipinski definition) is 9. The molecule has 0 saturated carbocycles. The van der Waals surface area contributed by atoms with Crippen LogP contribution in [-0.4, -0.2) is 67.1 Å². The Balaban J connectivity index is 1.21. The number of thioether (sulfide) groups is 1. The standard InChI is InChI=1S/C26H28N6O4S/c1-35-23-5-3-19-25(31-23)18(7-9-28-19)24(15-6-8-27-11-15)29-12-17-13-32(26(34)36-17)16-2-4-21-20(10-16)30-22(33)14-37-21/h2-5,7,9-10,15,17,24,27,29H,6,8,11-14H2,1H3,(H,30,33). The number of fused-ring (bicyclic) bond motifs is 2. The van der Waals surface area contributed by atoms with E-state index in [0.717, 1.165) is 46.7 Å². The molecule has 6 rings (SSSR count). The van der Waals surface area contributed by atoms with Crippen LogP contribution in [0.5, 0.6) is 5.88 Å². The molecular formula is C26H28N6O4S. The molecule has 11 heteroatoms. The number of aromatic nitrogens is 2. The zero-order valence-corrected chi connectivity index (χ0v) is 21.2. The van der Waals surface area contributed by atoms with Crippen LogP contribution >= 0.6 is 11.8 Å². The summed E-state index contributed by atoms with van der Waals surface area (Å²) in [7, 11) is 1.61. The highest BCUT2D eigenvalue weighted by molar-refractivity contribution is 8.00. The molecule has 3 aromatic rings. The quantitative estimate of drug-likeness (QED) is 0.432. The van der Waals surface area contributed by atoms with E-state index in [9.17, 15) is 9.59 Å². The Hall–Kier alpha value is -3.41. The van der Waals surface area contributed by atoms with Gasteiger partial charge in [-0.15, -0.1) is 11.8 Å². The summed E-state index contributed by atoms with van der Waals surface area (Å²) in [6.07, 6.45) is 2.13. The Morgan fingerprint density at radius 2 is 2.19 bits per heavy atom. The fourth-order valence-electron chi connectivity index (χ4n) is 5.22. The molecule has 1 aromatic carbocycles. The maximum Gasteiger partial charge on any atom is 0.414 e. The maximum atomic E-state index is 12.8. The largest absolute Gasteiger partial charge is 0.481 e. The van der Waals surface area contributed by atoms with Crippen LogP contribution in [0.4, 0.5) is 16.2 Å². The molecule has 0 spiro atoms. The third kappa shape index (κ3) is 4.81. The molecule has 2 saturated heterocycles. The summed E-state index contributed by atoms with van der Waals surface area (Å²) in [4.78, 5) is 36.4. The van der Waals surface area contributed by atoms with Crippen LogP contribution in [0.3, 0.4) is 0 Å². The Morgan fingerprint density at radius 3 is 3.03 bits per heavy atom. The number of methoxy groups -OCH3 is 1. The van der Waals surface area contributed by atoms with Crippen molar-refractivity contribution < 1.29 is 19.1 Å². The summed E-state index contributed by atoms with van der Waals surface area (Å²) >= 11 is 1.49. The molecule has 10 nitrogen and oxygen atoms in total. The summed E-state index contributed by atoms with van der Waals surface area (Å²) in [5.74, 6) is 1.26. The minimum atomic E-state index is -0.388. The summed E-state index contributed by atoms with van der Waals surface area (Å²) < 4.78 is 11.1. The normalized spacial score (nSPS) is 22.0. The number of nitrogens with zero attached hydrogens (tertiary/aromatic N) is 3. The number of hydrogen-bond donors (Lipinski definition) is 3. The molecule has 37 heavy (non-hydrogen) atoms. The first-order valence-corrected chi connectivity index (χ1v) is 13.4. The summed E-state index contributed by atoms with van der Waals surface area (Å²) in [6, 6.07) is 11.4. The minimum absolute atomic E-state index is 0.00356. The van der Waals surface area contributed by atoms with Crippen molar-refractivity contribution in [3.05, 3.63) is 48.2 Å². The summed E-state index contributed by atoms with van der Waals surface area (Å²) in [5.41, 5.74) is 4.12. The first-order chi connectivity index (χ1) is 18.1. The topological polar surface area (TPSA) is 118 Å². The van der Waals surface area contributed by atoms with Gasteiger partial charge in [0.1, 0.15) is 6.10 Å². The second kappa shape index (κ2) is 10.2. The third-order valence-electron chi connectivity index (χ3n) is 7.05. The van der Waals surface area contributed by atoms with Crippen LogP contribution in [0.15, 0.2) is 47.5 Å². The average Bonchev–Trinajstić information content (AvgIpc) is 3.58. The monoisotopic (exact) mass is 520 g/mol. The predicted octanol–water partition coefficient (Wildman–Crippen LogP) is 2.95. The van der Waals surface area contributed by atoms with E-state index >= 15 is 0 Å². The van der Waals surface area contributed by atoms with Gasteiger partial charge in [-0.1, -0.05) is 0 Å². The highest BCUT2D eigenvalue weighted by Crippen LogP contribution is 2.36. The second-order valence-electron chi connectivity index (χ2n) is 9.39. The van der Waals surface area contributed by atoms with E-state index in [-0.39, 0.29) is 24.1 Å². The Morgan fingerprint density at radius 1 is 1.27 bits per heavy atom. The van der Waals surface area contributed by atoms with Crippen LogP contribution in [0, 0.1) is 5.92 Å². The van der Waals surface area contributed by atoms with E-state index in [1.165, 1.54) is 11.8 Å². The van der Waals surface area contributed by atoms with Gasteiger partial charge >= 0.3 is 6.09 Å². The zero-order valence-electron chi connectivity index (χ0n) is 20.4. The van der Waals surface area contributed by atoms with Crippen LogP contribution in [0.2, 0.25) is 0 Å². The van der Waals surface area contributed by atoms with Crippen molar-refractivity contribution in [1.82, 2.24) is 20.6 Å². The van der Waals surface area contributed by atoms with Crippen molar-refractivity contribution >= 4 is 46.2 Å². The van der Waals surface area contributed by atoms with Gasteiger partial charge in [0.2, 0.25) is 11.8 Å². The van der Waals surface area contributed by atoms with Crippen molar-refractivity contribution in [2.24, 2.45) is 5.92 Å². The molecule has 3 aliphatic heterocycles. The zero-order chi connectivity index (χ0) is 25.4. The molecule has 2 fully saturated rings. The molecule has 3 unspecified atom stereocenters. The average molecular weight is 521 g/mol. The molecular weight excluding hydrogens is 492 g/mol. The lowest BCUT2D eigenvalue weighted by Gasteiger charge is -2.26. The number of nitrogens with one attached hydrogen (secondary N) is 3. The van der Waals surface area contributed by atoms with E-state index in [4.69, 9.17) is 14.5 Å². The fraction of sp³-hybridized carbons (Fsp3) is 0.385. The van der Waals surface area contributed by atoms with Crippen LogP contribution in [0.25, 0.3) is 11.0 Å². The summed E-state index contributed by atoms with van der Waals surface area (Å²) in [6.45, 7) is 2.77. The molecule has 3 atom stereocenters. The lowest BCUT2D eigenvalue weighted by Crippen LogP contribution is -2.37. The molecule has 192 valence electrons. The second-order valence-corrected chi connectivity index (χ2v) is 10.4. The number of carbonyl (C=O) groups is 2. The van der Waals surface area contributed by atoms with Crippen molar-refractivity contribution in [2.75, 3.05) is 49.3 Å². The number of cyclic esters (lactones) is 1. The van der Waals surface area contributed by atoms with Crippen LogP contribution in [0.1, 0.15) is 18.0 Å². The van der Waals surface area contributed by atoms with Crippen molar-refractivity contribution in [3.63, 3.8) is 0 Å². The van der Waals surface area contributed by atoms with Gasteiger partial charge in [-0.05, 0) is 61.3 Å². The Labute approximate surface area is 218 Å². The number of carbonyl (C=O) groups excluding carboxylic acids is 2. The number of anilines is 2. The first kappa shape index (κ1) is 24.0. The van der Waals surface area contributed by atoms with Gasteiger partial charge < -0.3 is 25.4 Å². The number of ether oxygens (including phenoxy) is 2. The molecule has 0 radical (unpaired) electrons. The highest BCUT2D eigenvalue weighted by atomic mass is 32.2. The predicted molar refractivity (Wildman–Crippen MR) is 141 cm³/mol. The van der Waals surface area contributed by atoms with Crippen molar-refractivity contribution in [3.8, 4) is 5.88 Å². The summed E-state index contributed by atoms with van der Waals surface area (Å²) in [5, 5.41) is 10.0. The van der Waals surface area contributed by atoms with E-state index in [1.807, 2.05) is 42.6 Å². The number of amides is 2. The van der Waals surface area contributed by atoms with Crippen molar-refractivity contribution in [2.45, 2.75) is 23.5 Å². The van der Waals surface area contributed by atoms with E-state index < -0.39 is 0 Å². The SMILES string of the molecule is COc1ccc2nccc(C(NCC3CN(c4ccc5c(c4)NC(=O)CS5)C(=O)O3)C3CCNC3)c2n1. The van der Waals surface area contributed by atoms with Gasteiger partial charge in [0.15, 0.2) is 0 Å². The minimum Gasteiger partial charge on any atom is -0.481 e.